The van der Waals surface area contributed by atoms with Gasteiger partial charge in [-0.2, -0.15) is 0 Å². The van der Waals surface area contributed by atoms with Gasteiger partial charge in [0.05, 0.1) is 18.0 Å². The van der Waals surface area contributed by atoms with Crippen molar-refractivity contribution in [3.05, 3.63) is 76.6 Å². The summed E-state index contributed by atoms with van der Waals surface area (Å²) >= 11 is 0. The largest absolute Gasteiger partial charge is 0.481 e. The van der Waals surface area contributed by atoms with Crippen molar-refractivity contribution in [2.45, 2.75) is 91.8 Å². The van der Waals surface area contributed by atoms with Crippen molar-refractivity contribution in [2.24, 2.45) is 5.41 Å². The molecule has 0 fully saturated rings. The van der Waals surface area contributed by atoms with Gasteiger partial charge in [0, 0.05) is 6.04 Å². The van der Waals surface area contributed by atoms with Crippen LogP contribution in [-0.2, 0) is 10.3 Å². The maximum atomic E-state index is 11.9. The zero-order valence-electron chi connectivity index (χ0n) is 22.9. The van der Waals surface area contributed by atoms with Crippen LogP contribution in [0.2, 0.25) is 0 Å². The molecule has 0 spiro atoms. The van der Waals surface area contributed by atoms with Crippen molar-refractivity contribution in [1.29, 1.82) is 0 Å². The summed E-state index contributed by atoms with van der Waals surface area (Å²) in [5.74, 6) is 0.215. The average molecular weight is 492 g/mol. The van der Waals surface area contributed by atoms with Gasteiger partial charge in [0.2, 0.25) is 0 Å². The lowest BCUT2D eigenvalue weighted by Gasteiger charge is -2.34. The minimum atomic E-state index is -0.866. The minimum Gasteiger partial charge on any atom is -0.481 e. The average Bonchev–Trinajstić information content (AvgIpc) is 3.26. The molecule has 194 valence electrons. The molecule has 1 heterocycles. The first kappa shape index (κ1) is 27.5. The molecule has 0 amide bonds. The first-order chi connectivity index (χ1) is 16.8. The van der Waals surface area contributed by atoms with E-state index in [1.54, 1.807) is 0 Å². The molecule has 36 heavy (non-hydrogen) atoms. The lowest BCUT2D eigenvalue weighted by molar-refractivity contribution is -0.137. The van der Waals surface area contributed by atoms with Crippen molar-refractivity contribution in [1.82, 2.24) is 25.5 Å². The number of aliphatic carboxylic acids is 1. The molecule has 3 aromatic rings. The number of nitrogens with one attached hydrogen (secondary N) is 1. The van der Waals surface area contributed by atoms with Crippen LogP contribution in [-0.4, -0.2) is 31.3 Å². The van der Waals surface area contributed by atoms with Crippen LogP contribution in [0.1, 0.15) is 107 Å². The van der Waals surface area contributed by atoms with Gasteiger partial charge in [-0.05, 0) is 65.6 Å². The van der Waals surface area contributed by atoms with Crippen LogP contribution in [0.15, 0.2) is 48.5 Å². The number of carboxylic acid groups (broad SMARTS) is 1. The van der Waals surface area contributed by atoms with E-state index in [-0.39, 0.29) is 17.4 Å². The van der Waals surface area contributed by atoms with E-state index in [1.165, 1.54) is 5.56 Å². The number of carbonyl (C=O) groups is 1. The fourth-order valence-electron chi connectivity index (χ4n) is 5.02. The van der Waals surface area contributed by atoms with Crippen molar-refractivity contribution >= 4 is 5.97 Å². The maximum absolute atomic E-state index is 11.9. The molecular formula is C29H41N5O2. The molecule has 0 aliphatic carbocycles. The first-order valence-electron chi connectivity index (χ1n) is 12.7. The summed E-state index contributed by atoms with van der Waals surface area (Å²) in [7, 11) is 0. The SMILES string of the molecule is Cc1ccc(C(CC(=O)O)NC(c2ccc(C(C)C)cc2)c2nnnn2C(C)(C)CC(C)(C)C)cc1. The molecule has 1 aromatic heterocycles. The molecule has 7 heteroatoms. The highest BCUT2D eigenvalue weighted by molar-refractivity contribution is 5.68. The van der Waals surface area contributed by atoms with Gasteiger partial charge in [-0.1, -0.05) is 88.7 Å². The Balaban J connectivity index is 2.10. The van der Waals surface area contributed by atoms with E-state index in [9.17, 15) is 9.90 Å². The third kappa shape index (κ3) is 7.00. The molecule has 3 rings (SSSR count). The Bertz CT molecular complexity index is 1140. The fraction of sp³-hybridized carbons (Fsp3) is 0.517. The summed E-state index contributed by atoms with van der Waals surface area (Å²) in [4.78, 5) is 11.9. The smallest absolute Gasteiger partial charge is 0.305 e. The molecule has 2 unspecified atom stereocenters. The first-order valence-corrected chi connectivity index (χ1v) is 12.7. The lowest BCUT2D eigenvalue weighted by atomic mass is 9.81. The zero-order valence-corrected chi connectivity index (χ0v) is 22.9. The summed E-state index contributed by atoms with van der Waals surface area (Å²) in [6, 6.07) is 15.6. The van der Waals surface area contributed by atoms with E-state index in [0.717, 1.165) is 23.1 Å². The van der Waals surface area contributed by atoms with Crippen LogP contribution < -0.4 is 5.32 Å². The zero-order chi connectivity index (χ0) is 26.7. The van der Waals surface area contributed by atoms with E-state index in [0.29, 0.717) is 11.7 Å². The van der Waals surface area contributed by atoms with Gasteiger partial charge in [-0.3, -0.25) is 10.1 Å². The second-order valence-electron chi connectivity index (χ2n) is 12.0. The molecule has 0 radical (unpaired) electrons. The highest BCUT2D eigenvalue weighted by Gasteiger charge is 2.34. The maximum Gasteiger partial charge on any atom is 0.305 e. The summed E-state index contributed by atoms with van der Waals surface area (Å²) in [6.45, 7) is 17.3. The van der Waals surface area contributed by atoms with E-state index >= 15 is 0 Å². The third-order valence-electron chi connectivity index (χ3n) is 6.45. The number of benzene rings is 2. The van der Waals surface area contributed by atoms with Crippen LogP contribution in [0.3, 0.4) is 0 Å². The Hall–Kier alpha value is -3.06. The number of tetrazole rings is 1. The molecule has 0 aliphatic rings. The molecule has 2 aromatic carbocycles. The molecule has 0 aliphatic heterocycles. The Kier molecular flexibility index (Phi) is 8.34. The number of rotatable bonds is 10. The van der Waals surface area contributed by atoms with E-state index < -0.39 is 18.1 Å². The van der Waals surface area contributed by atoms with Crippen molar-refractivity contribution in [2.75, 3.05) is 0 Å². The molecular weight excluding hydrogens is 450 g/mol. The second-order valence-corrected chi connectivity index (χ2v) is 12.0. The van der Waals surface area contributed by atoms with Gasteiger partial charge < -0.3 is 5.11 Å². The van der Waals surface area contributed by atoms with E-state index in [4.69, 9.17) is 0 Å². The molecule has 2 atom stereocenters. The fourth-order valence-corrected chi connectivity index (χ4v) is 5.02. The number of nitrogens with zero attached hydrogens (tertiary/aromatic N) is 4. The number of hydrogen-bond donors (Lipinski definition) is 2. The van der Waals surface area contributed by atoms with E-state index in [2.05, 4.69) is 93.6 Å². The third-order valence-corrected chi connectivity index (χ3v) is 6.45. The van der Waals surface area contributed by atoms with Crippen LogP contribution in [0, 0.1) is 12.3 Å². The topological polar surface area (TPSA) is 92.9 Å². The van der Waals surface area contributed by atoms with Gasteiger partial charge >= 0.3 is 5.97 Å². The Labute approximate surface area is 215 Å². The second kappa shape index (κ2) is 10.9. The van der Waals surface area contributed by atoms with Gasteiger partial charge in [0.1, 0.15) is 0 Å². The van der Waals surface area contributed by atoms with Crippen LogP contribution in [0.5, 0.6) is 0 Å². The number of aryl methyl sites for hydroxylation is 1. The predicted molar refractivity (Wildman–Crippen MR) is 143 cm³/mol. The van der Waals surface area contributed by atoms with Gasteiger partial charge in [-0.15, -0.1) is 5.10 Å². The number of aromatic nitrogens is 4. The highest BCUT2D eigenvalue weighted by Crippen LogP contribution is 2.35. The Morgan fingerprint density at radius 3 is 2.03 bits per heavy atom. The van der Waals surface area contributed by atoms with Gasteiger partial charge in [0.15, 0.2) is 5.82 Å². The highest BCUT2D eigenvalue weighted by atomic mass is 16.4. The molecule has 7 nitrogen and oxygen atoms in total. The van der Waals surface area contributed by atoms with Crippen molar-refractivity contribution in [3.63, 3.8) is 0 Å². The van der Waals surface area contributed by atoms with Crippen molar-refractivity contribution < 1.29 is 9.90 Å². The minimum absolute atomic E-state index is 0.0589. The predicted octanol–water partition coefficient (Wildman–Crippen LogP) is 6.17. The van der Waals surface area contributed by atoms with Crippen molar-refractivity contribution in [3.8, 4) is 0 Å². The summed E-state index contributed by atoms with van der Waals surface area (Å²) in [5.41, 5.74) is 4.00. The number of carboxylic acids is 1. The summed E-state index contributed by atoms with van der Waals surface area (Å²) in [5, 5.41) is 26.3. The lowest BCUT2D eigenvalue weighted by Crippen LogP contribution is -2.38. The normalized spacial score (nSPS) is 14.1. The molecule has 0 saturated carbocycles. The quantitative estimate of drug-likeness (QED) is 0.352. The monoisotopic (exact) mass is 491 g/mol. The Morgan fingerprint density at radius 1 is 0.944 bits per heavy atom. The van der Waals surface area contributed by atoms with Crippen LogP contribution in [0.4, 0.5) is 0 Å². The molecule has 2 N–H and O–H groups in total. The molecule has 0 bridgehead atoms. The van der Waals surface area contributed by atoms with Crippen LogP contribution >= 0.6 is 0 Å². The number of hydrogen-bond acceptors (Lipinski definition) is 5. The standard InChI is InChI=1S/C29H41N5O2/c1-19(2)21-13-15-23(16-14-21)26(27-31-32-33-34(27)29(7,8)18-28(4,5)6)30-24(17-25(35)36)22-11-9-20(3)10-12-22/h9-16,19,24,26,30H,17-18H2,1-8H3,(H,35,36). The molecule has 0 saturated heterocycles. The van der Waals surface area contributed by atoms with E-state index in [1.807, 2.05) is 35.9 Å². The summed E-state index contributed by atoms with van der Waals surface area (Å²) < 4.78 is 1.90. The van der Waals surface area contributed by atoms with Crippen LogP contribution in [0.25, 0.3) is 0 Å². The van der Waals surface area contributed by atoms with Gasteiger partial charge in [0.25, 0.3) is 0 Å². The Morgan fingerprint density at radius 2 is 1.50 bits per heavy atom. The summed E-state index contributed by atoms with van der Waals surface area (Å²) in [6.07, 6.45) is 0.810. The van der Waals surface area contributed by atoms with Gasteiger partial charge in [-0.25, -0.2) is 4.68 Å².